The van der Waals surface area contributed by atoms with E-state index in [-0.39, 0.29) is 17.9 Å². The third-order valence-electron chi connectivity index (χ3n) is 4.28. The van der Waals surface area contributed by atoms with Crippen molar-refractivity contribution in [2.45, 2.75) is 25.5 Å². The number of carbonyl (C=O) groups is 1. The maximum atomic E-state index is 13.2. The van der Waals surface area contributed by atoms with Crippen LogP contribution in [0.15, 0.2) is 36.5 Å². The maximum absolute atomic E-state index is 13.2. The van der Waals surface area contributed by atoms with E-state index >= 15 is 0 Å². The minimum atomic E-state index is -0.168. The van der Waals surface area contributed by atoms with Crippen molar-refractivity contribution in [2.75, 3.05) is 27.4 Å². The SMILES string of the molecule is COc1ccc(C(=O)N(Cc2ccccn2)CC2CCCO2)c(OC)n1. The van der Waals surface area contributed by atoms with E-state index in [1.54, 1.807) is 23.2 Å². The number of nitrogens with zero attached hydrogens (tertiary/aromatic N) is 3. The summed E-state index contributed by atoms with van der Waals surface area (Å²) in [7, 11) is 3.01. The Bertz CT molecular complexity index is 733. The Balaban J connectivity index is 1.85. The molecule has 138 valence electrons. The van der Waals surface area contributed by atoms with E-state index < -0.39 is 0 Å². The number of rotatable bonds is 7. The van der Waals surface area contributed by atoms with Gasteiger partial charge < -0.3 is 19.1 Å². The minimum Gasteiger partial charge on any atom is -0.481 e. The fourth-order valence-corrected chi connectivity index (χ4v) is 2.97. The Morgan fingerprint density at radius 2 is 2.15 bits per heavy atom. The van der Waals surface area contributed by atoms with Crippen LogP contribution < -0.4 is 9.47 Å². The van der Waals surface area contributed by atoms with Gasteiger partial charge in [0.2, 0.25) is 11.8 Å². The van der Waals surface area contributed by atoms with Gasteiger partial charge in [0.1, 0.15) is 5.56 Å². The van der Waals surface area contributed by atoms with Gasteiger partial charge in [-0.3, -0.25) is 9.78 Å². The molecule has 2 aromatic heterocycles. The lowest BCUT2D eigenvalue weighted by Crippen LogP contribution is -2.37. The lowest BCUT2D eigenvalue weighted by atomic mass is 10.1. The zero-order valence-electron chi connectivity index (χ0n) is 15.1. The van der Waals surface area contributed by atoms with Gasteiger partial charge in [-0.2, -0.15) is 4.98 Å². The summed E-state index contributed by atoms with van der Waals surface area (Å²) in [6.45, 7) is 1.64. The predicted octanol–water partition coefficient (Wildman–Crippen LogP) is 2.32. The number of methoxy groups -OCH3 is 2. The van der Waals surface area contributed by atoms with E-state index in [1.807, 2.05) is 18.2 Å². The van der Waals surface area contributed by atoms with E-state index in [0.29, 0.717) is 24.5 Å². The highest BCUT2D eigenvalue weighted by Crippen LogP contribution is 2.23. The van der Waals surface area contributed by atoms with E-state index in [4.69, 9.17) is 14.2 Å². The molecule has 1 fully saturated rings. The first-order chi connectivity index (χ1) is 12.7. The first-order valence-corrected chi connectivity index (χ1v) is 8.61. The van der Waals surface area contributed by atoms with Gasteiger partial charge in [-0.1, -0.05) is 6.07 Å². The van der Waals surface area contributed by atoms with Gasteiger partial charge in [-0.25, -0.2) is 0 Å². The van der Waals surface area contributed by atoms with Crippen molar-refractivity contribution in [3.63, 3.8) is 0 Å². The van der Waals surface area contributed by atoms with Crippen LogP contribution >= 0.6 is 0 Å². The number of hydrogen-bond donors (Lipinski definition) is 0. The molecule has 2 aromatic rings. The zero-order valence-corrected chi connectivity index (χ0v) is 15.1. The molecule has 0 aromatic carbocycles. The molecule has 0 spiro atoms. The summed E-state index contributed by atoms with van der Waals surface area (Å²) in [5.41, 5.74) is 1.21. The average Bonchev–Trinajstić information content (AvgIpc) is 3.20. The summed E-state index contributed by atoms with van der Waals surface area (Å²) in [5.74, 6) is 0.472. The monoisotopic (exact) mass is 357 g/mol. The number of aromatic nitrogens is 2. The third kappa shape index (κ3) is 4.29. The van der Waals surface area contributed by atoms with Gasteiger partial charge in [-0.05, 0) is 31.0 Å². The summed E-state index contributed by atoms with van der Waals surface area (Å²) in [6.07, 6.45) is 3.73. The molecule has 1 unspecified atom stereocenters. The summed E-state index contributed by atoms with van der Waals surface area (Å²) >= 11 is 0. The topological polar surface area (TPSA) is 73.8 Å². The Morgan fingerprint density at radius 1 is 1.27 bits per heavy atom. The fraction of sp³-hybridized carbons (Fsp3) is 0.421. The highest BCUT2D eigenvalue weighted by Gasteiger charge is 2.26. The first-order valence-electron chi connectivity index (χ1n) is 8.61. The van der Waals surface area contributed by atoms with Gasteiger partial charge in [0.25, 0.3) is 5.91 Å². The van der Waals surface area contributed by atoms with Crippen LogP contribution in [0.4, 0.5) is 0 Å². The Hall–Kier alpha value is -2.67. The number of ether oxygens (including phenoxy) is 3. The quantitative estimate of drug-likeness (QED) is 0.757. The van der Waals surface area contributed by atoms with Crippen LogP contribution in [0.5, 0.6) is 11.8 Å². The predicted molar refractivity (Wildman–Crippen MR) is 95.3 cm³/mol. The molecule has 26 heavy (non-hydrogen) atoms. The highest BCUT2D eigenvalue weighted by atomic mass is 16.5. The van der Waals surface area contributed by atoms with Crippen molar-refractivity contribution in [1.82, 2.24) is 14.9 Å². The molecule has 0 saturated carbocycles. The number of amides is 1. The molecule has 3 heterocycles. The molecule has 0 bridgehead atoms. The summed E-state index contributed by atoms with van der Waals surface area (Å²) < 4.78 is 16.1. The number of carbonyl (C=O) groups excluding carboxylic acids is 1. The molecule has 3 rings (SSSR count). The largest absolute Gasteiger partial charge is 0.481 e. The summed E-state index contributed by atoms with van der Waals surface area (Å²) in [5, 5.41) is 0. The Kier molecular flexibility index (Phi) is 6.01. The van der Waals surface area contributed by atoms with Gasteiger partial charge in [0.15, 0.2) is 0 Å². The normalized spacial score (nSPS) is 16.3. The molecule has 0 aliphatic carbocycles. The van der Waals surface area contributed by atoms with E-state index in [9.17, 15) is 4.79 Å². The lowest BCUT2D eigenvalue weighted by Gasteiger charge is -2.25. The summed E-state index contributed by atoms with van der Waals surface area (Å²) in [4.78, 5) is 23.5. The molecule has 1 saturated heterocycles. The standard InChI is InChI=1S/C19H23N3O4/c1-24-17-9-8-16(18(21-17)25-2)19(23)22(13-15-7-5-11-26-15)12-14-6-3-4-10-20-14/h3-4,6,8-10,15H,5,7,11-13H2,1-2H3. The molecule has 1 aliphatic rings. The minimum absolute atomic E-state index is 0.0415. The molecular weight excluding hydrogens is 334 g/mol. The van der Waals surface area contributed by atoms with Crippen molar-refractivity contribution >= 4 is 5.91 Å². The van der Waals surface area contributed by atoms with E-state index in [2.05, 4.69) is 9.97 Å². The van der Waals surface area contributed by atoms with Crippen molar-refractivity contribution in [3.8, 4) is 11.8 Å². The number of hydrogen-bond acceptors (Lipinski definition) is 6. The van der Waals surface area contributed by atoms with Crippen LogP contribution in [0.2, 0.25) is 0 Å². The van der Waals surface area contributed by atoms with Crippen LogP contribution in [0, 0.1) is 0 Å². The van der Waals surface area contributed by atoms with Crippen molar-refractivity contribution in [3.05, 3.63) is 47.8 Å². The first kappa shape index (κ1) is 18.1. The smallest absolute Gasteiger partial charge is 0.259 e. The van der Waals surface area contributed by atoms with Gasteiger partial charge in [0.05, 0.1) is 32.6 Å². The molecular formula is C19H23N3O4. The molecule has 0 radical (unpaired) electrons. The Morgan fingerprint density at radius 3 is 2.81 bits per heavy atom. The van der Waals surface area contributed by atoms with Crippen molar-refractivity contribution in [2.24, 2.45) is 0 Å². The van der Waals surface area contributed by atoms with E-state index in [1.165, 1.54) is 14.2 Å². The molecule has 1 aliphatic heterocycles. The number of pyridine rings is 2. The van der Waals surface area contributed by atoms with Crippen LogP contribution in [-0.2, 0) is 11.3 Å². The molecule has 7 nitrogen and oxygen atoms in total. The van der Waals surface area contributed by atoms with Crippen LogP contribution in [-0.4, -0.2) is 54.3 Å². The second-order valence-electron chi connectivity index (χ2n) is 6.05. The second-order valence-corrected chi connectivity index (χ2v) is 6.05. The van der Waals surface area contributed by atoms with Crippen molar-refractivity contribution < 1.29 is 19.0 Å². The Labute approximate surface area is 152 Å². The lowest BCUT2D eigenvalue weighted by molar-refractivity contribution is 0.0501. The summed E-state index contributed by atoms with van der Waals surface area (Å²) in [6, 6.07) is 8.99. The fourth-order valence-electron chi connectivity index (χ4n) is 2.97. The maximum Gasteiger partial charge on any atom is 0.259 e. The van der Waals surface area contributed by atoms with Crippen LogP contribution in [0.25, 0.3) is 0 Å². The molecule has 0 N–H and O–H groups in total. The molecule has 7 heteroatoms. The third-order valence-corrected chi connectivity index (χ3v) is 4.28. The van der Waals surface area contributed by atoms with Gasteiger partial charge in [-0.15, -0.1) is 0 Å². The van der Waals surface area contributed by atoms with Crippen LogP contribution in [0.3, 0.4) is 0 Å². The highest BCUT2D eigenvalue weighted by molar-refractivity contribution is 5.96. The second kappa shape index (κ2) is 8.62. The molecule has 1 atom stereocenters. The van der Waals surface area contributed by atoms with Gasteiger partial charge in [0, 0.05) is 25.4 Å². The van der Waals surface area contributed by atoms with Crippen molar-refractivity contribution in [1.29, 1.82) is 0 Å². The average molecular weight is 357 g/mol. The van der Waals surface area contributed by atoms with Crippen LogP contribution in [0.1, 0.15) is 28.9 Å². The van der Waals surface area contributed by atoms with E-state index in [0.717, 1.165) is 25.1 Å². The molecule has 1 amide bonds. The zero-order chi connectivity index (χ0) is 18.4. The van der Waals surface area contributed by atoms with Gasteiger partial charge >= 0.3 is 0 Å².